The predicted molar refractivity (Wildman–Crippen MR) is 145 cm³/mol. The largest absolute Gasteiger partial charge is 0.494 e. The minimum absolute atomic E-state index is 0.0189. The summed E-state index contributed by atoms with van der Waals surface area (Å²) in [5, 5.41) is 5.06. The molecule has 2 aromatic rings. The van der Waals surface area contributed by atoms with E-state index in [9.17, 15) is 31.2 Å². The minimum atomic E-state index is -4.54. The molecule has 0 saturated heterocycles. The molecular formula is C25H35F3N6O5S. The summed E-state index contributed by atoms with van der Waals surface area (Å²) in [7, 11) is -4.01. The SMILES string of the molecule is CCOc1ccc(NC(=O)[C@H](Cc2ccc(C(F)(F)F)cc2)NC(=O)[C@@H](N)CS(=O)(=O)N(CCN)CCN)cc1. The first-order valence-corrected chi connectivity index (χ1v) is 14.0. The average molecular weight is 589 g/mol. The number of benzene rings is 2. The Morgan fingerprint density at radius 3 is 2.05 bits per heavy atom. The normalized spacial score (nSPS) is 13.5. The van der Waals surface area contributed by atoms with Crippen LogP contribution in [0.2, 0.25) is 0 Å². The van der Waals surface area contributed by atoms with Gasteiger partial charge in [-0.05, 0) is 48.9 Å². The molecule has 2 amide bonds. The van der Waals surface area contributed by atoms with Gasteiger partial charge in [-0.1, -0.05) is 12.1 Å². The van der Waals surface area contributed by atoms with Crippen LogP contribution in [0, 0.1) is 0 Å². The lowest BCUT2D eigenvalue weighted by Crippen LogP contribution is -2.54. The van der Waals surface area contributed by atoms with Crippen LogP contribution in [0.3, 0.4) is 0 Å². The number of carbonyl (C=O) groups excluding carboxylic acids is 2. The summed E-state index contributed by atoms with van der Waals surface area (Å²) in [5.74, 6) is -1.84. The molecule has 0 saturated carbocycles. The number of halogens is 3. The molecule has 0 fully saturated rings. The first kappa shape index (κ1) is 33.0. The average Bonchev–Trinajstić information content (AvgIpc) is 2.89. The van der Waals surface area contributed by atoms with Gasteiger partial charge in [-0.25, -0.2) is 8.42 Å². The monoisotopic (exact) mass is 588 g/mol. The fraction of sp³-hybridized carbons (Fsp3) is 0.440. The summed E-state index contributed by atoms with van der Waals surface area (Å²) in [6.45, 7) is 2.28. The molecule has 0 heterocycles. The van der Waals surface area contributed by atoms with Crippen molar-refractivity contribution in [2.24, 2.45) is 17.2 Å². The van der Waals surface area contributed by atoms with Crippen molar-refractivity contribution in [3.05, 3.63) is 59.7 Å². The first-order chi connectivity index (χ1) is 18.8. The van der Waals surface area contributed by atoms with E-state index in [1.54, 1.807) is 24.3 Å². The van der Waals surface area contributed by atoms with Crippen molar-refractivity contribution in [2.75, 3.05) is 43.9 Å². The molecule has 40 heavy (non-hydrogen) atoms. The van der Waals surface area contributed by atoms with Crippen molar-refractivity contribution in [2.45, 2.75) is 31.6 Å². The van der Waals surface area contributed by atoms with Crippen LogP contribution in [-0.4, -0.2) is 75.2 Å². The fourth-order valence-corrected chi connectivity index (χ4v) is 5.25. The van der Waals surface area contributed by atoms with Gasteiger partial charge in [0.1, 0.15) is 11.8 Å². The van der Waals surface area contributed by atoms with E-state index >= 15 is 0 Å². The molecule has 0 aliphatic carbocycles. The molecule has 222 valence electrons. The number of anilines is 1. The third-order valence-electron chi connectivity index (χ3n) is 5.66. The second-order valence-electron chi connectivity index (χ2n) is 8.77. The molecule has 0 bridgehead atoms. The number of amides is 2. The Hall–Kier alpha value is -3.24. The Balaban J connectivity index is 2.23. The molecule has 0 unspecified atom stereocenters. The maximum atomic E-state index is 13.1. The van der Waals surface area contributed by atoms with Gasteiger partial charge in [0.05, 0.1) is 24.0 Å². The van der Waals surface area contributed by atoms with E-state index in [2.05, 4.69) is 10.6 Å². The van der Waals surface area contributed by atoms with Gasteiger partial charge in [-0.3, -0.25) is 9.59 Å². The Bertz CT molecular complexity index is 1200. The standard InChI is InChI=1S/C25H35F3N6O5S/c1-2-39-20-9-7-19(8-10-20)32-24(36)22(15-17-3-5-18(6-4-17)25(26,27)28)33-23(35)21(31)16-40(37,38)34(13-11-29)14-12-30/h3-10,21-22H,2,11-16,29-31H2,1H3,(H,32,36)(H,33,35)/t21-,22-/m0/s1. The number of ether oxygens (including phenoxy) is 1. The van der Waals surface area contributed by atoms with Crippen molar-refractivity contribution >= 4 is 27.5 Å². The van der Waals surface area contributed by atoms with Crippen LogP contribution in [0.1, 0.15) is 18.1 Å². The zero-order valence-electron chi connectivity index (χ0n) is 22.0. The third-order valence-corrected chi connectivity index (χ3v) is 7.60. The van der Waals surface area contributed by atoms with E-state index < -0.39 is 51.4 Å². The fourth-order valence-electron chi connectivity index (χ4n) is 3.67. The van der Waals surface area contributed by atoms with Gasteiger partial charge in [-0.15, -0.1) is 0 Å². The number of nitrogens with one attached hydrogen (secondary N) is 2. The molecule has 0 radical (unpaired) electrons. The van der Waals surface area contributed by atoms with Crippen molar-refractivity contribution < 1.29 is 35.9 Å². The van der Waals surface area contributed by atoms with Crippen molar-refractivity contribution in [3.63, 3.8) is 0 Å². The molecule has 0 aliphatic heterocycles. The van der Waals surface area contributed by atoms with E-state index in [0.717, 1.165) is 16.4 Å². The molecule has 0 aromatic heterocycles. The topological polar surface area (TPSA) is 183 Å². The maximum absolute atomic E-state index is 13.1. The number of alkyl halides is 3. The number of nitrogens with two attached hydrogens (primary N) is 3. The highest BCUT2D eigenvalue weighted by atomic mass is 32.2. The molecule has 2 aromatic carbocycles. The van der Waals surface area contributed by atoms with Gasteiger partial charge < -0.3 is 32.6 Å². The number of sulfonamides is 1. The molecule has 15 heteroatoms. The van der Waals surface area contributed by atoms with Crippen LogP contribution in [0.5, 0.6) is 5.75 Å². The molecule has 8 N–H and O–H groups in total. The summed E-state index contributed by atoms with van der Waals surface area (Å²) >= 11 is 0. The Kier molecular flexibility index (Phi) is 12.3. The van der Waals surface area contributed by atoms with Crippen LogP contribution in [0.15, 0.2) is 48.5 Å². The second-order valence-corrected chi connectivity index (χ2v) is 10.8. The quantitative estimate of drug-likeness (QED) is 0.201. The third kappa shape index (κ3) is 10.1. The molecule has 0 spiro atoms. The zero-order chi connectivity index (χ0) is 29.9. The summed E-state index contributed by atoms with van der Waals surface area (Å²) in [4.78, 5) is 26.0. The number of carbonyl (C=O) groups is 2. The number of nitrogens with zero attached hydrogens (tertiary/aromatic N) is 1. The molecular weight excluding hydrogens is 553 g/mol. The van der Waals surface area contributed by atoms with Crippen LogP contribution in [0.4, 0.5) is 18.9 Å². The highest BCUT2D eigenvalue weighted by molar-refractivity contribution is 7.89. The van der Waals surface area contributed by atoms with Crippen molar-refractivity contribution in [3.8, 4) is 5.75 Å². The van der Waals surface area contributed by atoms with Gasteiger partial charge in [0.15, 0.2) is 0 Å². The molecule has 2 atom stereocenters. The van der Waals surface area contributed by atoms with E-state index in [-0.39, 0.29) is 32.6 Å². The predicted octanol–water partition coefficient (Wildman–Crippen LogP) is 0.647. The van der Waals surface area contributed by atoms with Gasteiger partial charge in [0, 0.05) is 38.3 Å². The molecule has 2 rings (SSSR count). The Morgan fingerprint density at radius 1 is 0.975 bits per heavy atom. The molecule has 0 aliphatic rings. The number of hydrogen-bond donors (Lipinski definition) is 5. The number of rotatable bonds is 15. The lowest BCUT2D eigenvalue weighted by atomic mass is 10.0. The smallest absolute Gasteiger partial charge is 0.416 e. The van der Waals surface area contributed by atoms with Crippen LogP contribution in [-0.2, 0) is 32.2 Å². The number of hydrogen-bond acceptors (Lipinski definition) is 8. The lowest BCUT2D eigenvalue weighted by molar-refractivity contribution is -0.137. The first-order valence-electron chi connectivity index (χ1n) is 12.4. The van der Waals surface area contributed by atoms with Crippen molar-refractivity contribution in [1.82, 2.24) is 9.62 Å². The van der Waals surface area contributed by atoms with Crippen molar-refractivity contribution in [1.29, 1.82) is 0 Å². The summed E-state index contributed by atoms with van der Waals surface area (Å²) in [6, 6.07) is 7.63. The van der Waals surface area contributed by atoms with Gasteiger partial charge >= 0.3 is 6.18 Å². The van der Waals surface area contributed by atoms with E-state index in [1.807, 2.05) is 6.92 Å². The highest BCUT2D eigenvalue weighted by Crippen LogP contribution is 2.29. The summed E-state index contributed by atoms with van der Waals surface area (Å²) in [6.07, 6.45) is -4.74. The Labute approximate surface area is 231 Å². The van der Waals surface area contributed by atoms with Crippen LogP contribution >= 0.6 is 0 Å². The van der Waals surface area contributed by atoms with Gasteiger partial charge in [-0.2, -0.15) is 17.5 Å². The minimum Gasteiger partial charge on any atom is -0.494 e. The van der Waals surface area contributed by atoms with E-state index in [0.29, 0.717) is 23.6 Å². The summed E-state index contributed by atoms with van der Waals surface area (Å²) in [5.41, 5.74) is 16.6. The van der Waals surface area contributed by atoms with Crippen LogP contribution in [0.25, 0.3) is 0 Å². The Morgan fingerprint density at radius 2 is 1.55 bits per heavy atom. The second kappa shape index (κ2) is 14.9. The van der Waals surface area contributed by atoms with E-state index in [1.165, 1.54) is 12.1 Å². The highest BCUT2D eigenvalue weighted by Gasteiger charge is 2.32. The van der Waals surface area contributed by atoms with Gasteiger partial charge in [0.2, 0.25) is 21.8 Å². The van der Waals surface area contributed by atoms with Crippen LogP contribution < -0.4 is 32.6 Å². The summed E-state index contributed by atoms with van der Waals surface area (Å²) < 4.78 is 70.8. The van der Waals surface area contributed by atoms with Gasteiger partial charge in [0.25, 0.3) is 0 Å². The lowest BCUT2D eigenvalue weighted by Gasteiger charge is -2.24. The molecule has 11 nitrogen and oxygen atoms in total. The van der Waals surface area contributed by atoms with E-state index in [4.69, 9.17) is 21.9 Å². The zero-order valence-corrected chi connectivity index (χ0v) is 22.8. The maximum Gasteiger partial charge on any atom is 0.416 e.